The average Bonchev–Trinajstić information content (AvgIpc) is 2.85. The summed E-state index contributed by atoms with van der Waals surface area (Å²) in [5.74, 6) is 2.10. The molecule has 2 aliphatic rings. The van der Waals surface area contributed by atoms with Crippen molar-refractivity contribution in [3.63, 3.8) is 0 Å². The molecular formula is C23H35N7O2. The molecule has 32 heavy (non-hydrogen) atoms. The fourth-order valence-corrected chi connectivity index (χ4v) is 4.37. The van der Waals surface area contributed by atoms with Crippen LogP contribution in [0.2, 0.25) is 0 Å². The molecule has 1 aliphatic carbocycles. The zero-order valence-corrected chi connectivity index (χ0v) is 18.9. The second-order valence-corrected chi connectivity index (χ2v) is 8.63. The summed E-state index contributed by atoms with van der Waals surface area (Å²) in [6, 6.07) is 4.88. The fourth-order valence-electron chi connectivity index (χ4n) is 4.37. The van der Waals surface area contributed by atoms with Crippen LogP contribution in [0.1, 0.15) is 38.5 Å². The Morgan fingerprint density at radius 3 is 2.62 bits per heavy atom. The highest BCUT2D eigenvalue weighted by molar-refractivity contribution is 5.59. The Morgan fingerprint density at radius 1 is 1.00 bits per heavy atom. The molecule has 1 saturated heterocycles. The lowest BCUT2D eigenvalue weighted by Crippen LogP contribution is -2.38. The molecule has 174 valence electrons. The van der Waals surface area contributed by atoms with E-state index in [2.05, 4.69) is 35.9 Å². The normalized spacial score (nSPS) is 21.9. The molecular weight excluding hydrogens is 406 g/mol. The summed E-state index contributed by atoms with van der Waals surface area (Å²) in [4.78, 5) is 17.9. The first-order chi connectivity index (χ1) is 15.8. The maximum Gasteiger partial charge on any atom is 0.223 e. The van der Waals surface area contributed by atoms with Gasteiger partial charge in [0.2, 0.25) is 5.95 Å². The summed E-state index contributed by atoms with van der Waals surface area (Å²) in [5.41, 5.74) is 1.60. The molecule has 2 fully saturated rings. The van der Waals surface area contributed by atoms with Crippen LogP contribution in [-0.4, -0.2) is 72.0 Å². The van der Waals surface area contributed by atoms with Crippen LogP contribution in [0, 0.1) is 5.92 Å². The van der Waals surface area contributed by atoms with E-state index in [0.717, 1.165) is 88.6 Å². The lowest BCUT2D eigenvalue weighted by molar-refractivity contribution is 0.0699. The van der Waals surface area contributed by atoms with Crippen LogP contribution in [-0.2, 0) is 9.47 Å². The number of hydrogen-bond donors (Lipinski definition) is 3. The topological polar surface area (TPSA) is 106 Å². The van der Waals surface area contributed by atoms with Crippen LogP contribution in [0.4, 0.5) is 11.8 Å². The Bertz CT molecular complexity index is 823. The Kier molecular flexibility index (Phi) is 8.58. The Labute approximate surface area is 190 Å². The quantitative estimate of drug-likeness (QED) is 0.480. The molecule has 1 aliphatic heterocycles. The summed E-state index contributed by atoms with van der Waals surface area (Å²) >= 11 is 0. The van der Waals surface area contributed by atoms with Crippen molar-refractivity contribution in [3.8, 4) is 11.4 Å². The maximum absolute atomic E-state index is 5.43. The molecule has 0 unspecified atom stereocenters. The minimum absolute atomic E-state index is 0.431. The zero-order valence-electron chi connectivity index (χ0n) is 18.9. The molecule has 3 heterocycles. The van der Waals surface area contributed by atoms with Crippen LogP contribution in [0.25, 0.3) is 11.4 Å². The van der Waals surface area contributed by atoms with Gasteiger partial charge in [-0.3, -0.25) is 0 Å². The third kappa shape index (κ3) is 6.82. The highest BCUT2D eigenvalue weighted by atomic mass is 16.5. The third-order valence-corrected chi connectivity index (χ3v) is 6.29. The van der Waals surface area contributed by atoms with E-state index in [1.54, 1.807) is 19.6 Å². The Hall–Kier alpha value is -2.36. The first-order valence-corrected chi connectivity index (χ1v) is 11.8. The van der Waals surface area contributed by atoms with Gasteiger partial charge >= 0.3 is 0 Å². The lowest BCUT2D eigenvalue weighted by Gasteiger charge is -2.30. The van der Waals surface area contributed by atoms with Crippen LogP contribution in [0.3, 0.4) is 0 Å². The van der Waals surface area contributed by atoms with Crippen LogP contribution < -0.4 is 16.0 Å². The largest absolute Gasteiger partial charge is 0.383 e. The minimum Gasteiger partial charge on any atom is -0.383 e. The van der Waals surface area contributed by atoms with Gasteiger partial charge in [-0.1, -0.05) is 0 Å². The maximum atomic E-state index is 5.43. The molecule has 2 aromatic rings. The van der Waals surface area contributed by atoms with E-state index < -0.39 is 0 Å². The summed E-state index contributed by atoms with van der Waals surface area (Å²) < 4.78 is 10.6. The molecule has 2 aromatic heterocycles. The van der Waals surface area contributed by atoms with E-state index in [1.165, 1.54) is 0 Å². The summed E-state index contributed by atoms with van der Waals surface area (Å²) in [6.45, 7) is 4.23. The molecule has 0 atom stereocenters. The molecule has 0 radical (unpaired) electrons. The highest BCUT2D eigenvalue weighted by Crippen LogP contribution is 2.23. The molecule has 9 heteroatoms. The smallest absolute Gasteiger partial charge is 0.223 e. The van der Waals surface area contributed by atoms with Crippen molar-refractivity contribution in [2.75, 3.05) is 50.7 Å². The standard InChI is InChI=1S/C23H35N7O2/c1-31-13-10-24-18-2-4-19(5-3-18)29-22-14-21(27-16-28-22)20-6-9-25-23(30-20)26-15-17-7-11-32-12-8-17/h6,9,14,16-19,24H,2-5,7-8,10-13,15H2,1H3,(H,25,26,30)(H,27,28,29). The molecule has 4 rings (SSSR count). The summed E-state index contributed by atoms with van der Waals surface area (Å²) in [7, 11) is 1.74. The van der Waals surface area contributed by atoms with Crippen molar-refractivity contribution in [3.05, 3.63) is 24.7 Å². The number of nitrogens with zero attached hydrogens (tertiary/aromatic N) is 4. The van der Waals surface area contributed by atoms with Gasteiger partial charge in [-0.15, -0.1) is 0 Å². The zero-order chi connectivity index (χ0) is 22.0. The van der Waals surface area contributed by atoms with Gasteiger partial charge in [0.1, 0.15) is 12.1 Å². The van der Waals surface area contributed by atoms with Crippen molar-refractivity contribution < 1.29 is 9.47 Å². The van der Waals surface area contributed by atoms with Crippen LogP contribution in [0.5, 0.6) is 0 Å². The first-order valence-electron chi connectivity index (χ1n) is 11.8. The van der Waals surface area contributed by atoms with Gasteiger partial charge in [0, 0.05) is 57.8 Å². The van der Waals surface area contributed by atoms with Gasteiger partial charge in [-0.25, -0.2) is 19.9 Å². The van der Waals surface area contributed by atoms with E-state index in [9.17, 15) is 0 Å². The second-order valence-electron chi connectivity index (χ2n) is 8.63. The third-order valence-electron chi connectivity index (χ3n) is 6.29. The number of anilines is 2. The predicted octanol–water partition coefficient (Wildman–Crippen LogP) is 2.73. The van der Waals surface area contributed by atoms with E-state index >= 15 is 0 Å². The molecule has 0 amide bonds. The Balaban J connectivity index is 1.30. The Morgan fingerprint density at radius 2 is 1.81 bits per heavy atom. The number of rotatable bonds is 10. The van der Waals surface area contributed by atoms with Crippen molar-refractivity contribution in [2.45, 2.75) is 50.6 Å². The number of methoxy groups -OCH3 is 1. The van der Waals surface area contributed by atoms with Gasteiger partial charge in [0.25, 0.3) is 0 Å². The lowest BCUT2D eigenvalue weighted by atomic mass is 9.91. The first kappa shape index (κ1) is 22.8. The highest BCUT2D eigenvalue weighted by Gasteiger charge is 2.21. The van der Waals surface area contributed by atoms with Crippen molar-refractivity contribution in [1.29, 1.82) is 0 Å². The van der Waals surface area contributed by atoms with Gasteiger partial charge in [-0.2, -0.15) is 0 Å². The molecule has 0 aromatic carbocycles. The van der Waals surface area contributed by atoms with Gasteiger partial charge in [0.15, 0.2) is 0 Å². The van der Waals surface area contributed by atoms with Crippen molar-refractivity contribution in [1.82, 2.24) is 25.3 Å². The van der Waals surface area contributed by atoms with Crippen molar-refractivity contribution >= 4 is 11.8 Å². The molecule has 9 nitrogen and oxygen atoms in total. The minimum atomic E-state index is 0.431. The van der Waals surface area contributed by atoms with Gasteiger partial charge < -0.3 is 25.4 Å². The van der Waals surface area contributed by atoms with E-state index in [0.29, 0.717) is 23.9 Å². The number of nitrogens with one attached hydrogen (secondary N) is 3. The summed E-state index contributed by atoms with van der Waals surface area (Å²) in [6.07, 6.45) is 10.1. The molecule has 1 saturated carbocycles. The van der Waals surface area contributed by atoms with E-state index in [1.807, 2.05) is 12.1 Å². The molecule has 3 N–H and O–H groups in total. The number of hydrogen-bond acceptors (Lipinski definition) is 9. The van der Waals surface area contributed by atoms with Crippen LogP contribution >= 0.6 is 0 Å². The second kappa shape index (κ2) is 12.0. The molecule has 0 spiro atoms. The average molecular weight is 442 g/mol. The fraction of sp³-hybridized carbons (Fsp3) is 0.652. The van der Waals surface area contributed by atoms with Gasteiger partial charge in [-0.05, 0) is 50.5 Å². The number of aromatic nitrogens is 4. The van der Waals surface area contributed by atoms with E-state index in [4.69, 9.17) is 9.47 Å². The van der Waals surface area contributed by atoms with E-state index in [-0.39, 0.29) is 0 Å². The SMILES string of the molecule is COCCNC1CCC(Nc2cc(-c3ccnc(NCC4CCOCC4)n3)ncn2)CC1. The summed E-state index contributed by atoms with van der Waals surface area (Å²) in [5, 5.41) is 10.5. The predicted molar refractivity (Wildman–Crippen MR) is 125 cm³/mol. The van der Waals surface area contributed by atoms with Crippen molar-refractivity contribution in [2.24, 2.45) is 5.92 Å². The van der Waals surface area contributed by atoms with Crippen LogP contribution in [0.15, 0.2) is 24.7 Å². The van der Waals surface area contributed by atoms with Gasteiger partial charge in [0.05, 0.1) is 18.0 Å². The number of ether oxygens (including phenoxy) is 2. The molecule has 0 bridgehead atoms. The monoisotopic (exact) mass is 441 g/mol.